The van der Waals surface area contributed by atoms with Gasteiger partial charge in [0, 0.05) is 23.7 Å². The molecule has 20 heavy (non-hydrogen) atoms. The third kappa shape index (κ3) is 5.17. The molecule has 0 fully saturated rings. The Kier molecular flexibility index (Phi) is 5.95. The van der Waals surface area contributed by atoms with Gasteiger partial charge < -0.3 is 10.4 Å². The average molecular weight is 299 g/mol. The number of amides is 1. The fourth-order valence-electron chi connectivity index (χ4n) is 1.66. The zero-order chi connectivity index (χ0) is 15.3. The van der Waals surface area contributed by atoms with Gasteiger partial charge in [0.15, 0.2) is 0 Å². The number of hydrogen-bond donors (Lipinski definition) is 2. The van der Waals surface area contributed by atoms with Gasteiger partial charge >= 0.3 is 5.97 Å². The molecule has 6 heteroatoms. The lowest BCUT2D eigenvalue weighted by atomic mass is 10.1. The number of aromatic nitrogens is 1. The average Bonchev–Trinajstić information content (AvgIpc) is 2.35. The summed E-state index contributed by atoms with van der Waals surface area (Å²) in [5, 5.41) is 11.6. The van der Waals surface area contributed by atoms with Crippen molar-refractivity contribution in [2.24, 2.45) is 0 Å². The second kappa shape index (κ2) is 7.24. The fraction of sp³-hybridized carbons (Fsp3) is 0.500. The summed E-state index contributed by atoms with van der Waals surface area (Å²) in [6, 6.07) is 3.00. The number of carboxylic acids is 1. The van der Waals surface area contributed by atoms with Crippen molar-refractivity contribution in [3.63, 3.8) is 0 Å². The smallest absolute Gasteiger partial charge is 0.303 e. The number of carboxylic acid groups (broad SMARTS) is 1. The molecule has 1 aromatic rings. The molecule has 1 amide bonds. The van der Waals surface area contributed by atoms with Crippen molar-refractivity contribution in [1.29, 1.82) is 0 Å². The maximum atomic E-state index is 12.1. The van der Waals surface area contributed by atoms with Gasteiger partial charge in [-0.2, -0.15) is 0 Å². The van der Waals surface area contributed by atoms with Gasteiger partial charge in [-0.3, -0.25) is 9.59 Å². The summed E-state index contributed by atoms with van der Waals surface area (Å²) in [7, 11) is 0. The van der Waals surface area contributed by atoms with Gasteiger partial charge in [0.25, 0.3) is 5.91 Å². The van der Waals surface area contributed by atoms with Crippen LogP contribution in [0.4, 0.5) is 0 Å². The number of hydrogen-bond acceptors (Lipinski definition) is 3. The van der Waals surface area contributed by atoms with Crippen LogP contribution < -0.4 is 5.32 Å². The molecule has 0 aliphatic rings. The Hall–Kier alpha value is -1.62. The Balaban J connectivity index is 2.74. The monoisotopic (exact) mass is 298 g/mol. The third-order valence-corrected chi connectivity index (χ3v) is 3.03. The minimum absolute atomic E-state index is 0.0236. The van der Waals surface area contributed by atoms with Crippen LogP contribution in [0.15, 0.2) is 12.1 Å². The third-order valence-electron chi connectivity index (χ3n) is 2.84. The predicted molar refractivity (Wildman–Crippen MR) is 77.1 cm³/mol. The van der Waals surface area contributed by atoms with Crippen molar-refractivity contribution in [1.82, 2.24) is 10.3 Å². The Morgan fingerprint density at radius 2 is 2.00 bits per heavy atom. The van der Waals surface area contributed by atoms with Crippen LogP contribution in [0.25, 0.3) is 0 Å². The number of carbonyl (C=O) groups excluding carboxylic acids is 1. The van der Waals surface area contributed by atoms with E-state index in [1.807, 2.05) is 13.8 Å². The molecule has 1 aromatic heterocycles. The molecule has 0 spiro atoms. The number of halogens is 1. The molecule has 110 valence electrons. The normalized spacial score (nSPS) is 12.2. The highest BCUT2D eigenvalue weighted by atomic mass is 35.5. The molecule has 0 saturated heterocycles. The largest absolute Gasteiger partial charge is 0.481 e. The summed E-state index contributed by atoms with van der Waals surface area (Å²) in [6.45, 7) is 5.71. The van der Waals surface area contributed by atoms with Crippen molar-refractivity contribution >= 4 is 23.5 Å². The van der Waals surface area contributed by atoms with E-state index in [2.05, 4.69) is 10.3 Å². The zero-order valence-corrected chi connectivity index (χ0v) is 12.6. The number of rotatable bonds is 6. The highest BCUT2D eigenvalue weighted by Gasteiger charge is 2.14. The molecule has 2 N–H and O–H groups in total. The highest BCUT2D eigenvalue weighted by Crippen LogP contribution is 2.17. The van der Waals surface area contributed by atoms with E-state index in [9.17, 15) is 9.59 Å². The highest BCUT2D eigenvalue weighted by molar-refractivity contribution is 6.29. The molecule has 1 unspecified atom stereocenters. The topological polar surface area (TPSA) is 79.3 Å². The molecular weight excluding hydrogens is 280 g/mol. The standard InChI is InChI=1S/C14H19ClN2O3/c1-8(2)11-6-10(7-12(15)17-11)14(20)16-9(3)4-5-13(18)19/h6-9H,4-5H2,1-3H3,(H,16,20)(H,18,19). The van der Waals surface area contributed by atoms with Crippen LogP contribution in [0.2, 0.25) is 5.15 Å². The van der Waals surface area contributed by atoms with Gasteiger partial charge in [0.2, 0.25) is 0 Å². The zero-order valence-electron chi connectivity index (χ0n) is 11.8. The molecule has 0 radical (unpaired) electrons. The second-order valence-corrected chi connectivity index (χ2v) is 5.45. The van der Waals surface area contributed by atoms with E-state index < -0.39 is 5.97 Å². The van der Waals surface area contributed by atoms with Gasteiger partial charge in [0.1, 0.15) is 5.15 Å². The van der Waals surface area contributed by atoms with E-state index in [-0.39, 0.29) is 29.4 Å². The molecule has 1 atom stereocenters. The first-order valence-corrected chi connectivity index (χ1v) is 6.87. The van der Waals surface area contributed by atoms with Crippen LogP contribution in [0.1, 0.15) is 55.6 Å². The van der Waals surface area contributed by atoms with Crippen molar-refractivity contribution in [3.05, 3.63) is 28.5 Å². The molecule has 5 nitrogen and oxygen atoms in total. The number of nitrogens with zero attached hydrogens (tertiary/aromatic N) is 1. The summed E-state index contributed by atoms with van der Waals surface area (Å²) < 4.78 is 0. The lowest BCUT2D eigenvalue weighted by Crippen LogP contribution is -2.33. The summed E-state index contributed by atoms with van der Waals surface area (Å²) >= 11 is 5.91. The first-order valence-electron chi connectivity index (χ1n) is 6.49. The van der Waals surface area contributed by atoms with Crippen LogP contribution in [0.3, 0.4) is 0 Å². The molecule has 0 aromatic carbocycles. The van der Waals surface area contributed by atoms with Gasteiger partial charge in [0.05, 0.1) is 0 Å². The molecule has 0 saturated carbocycles. The second-order valence-electron chi connectivity index (χ2n) is 5.07. The predicted octanol–water partition coefficient (Wildman–Crippen LogP) is 2.84. The summed E-state index contributed by atoms with van der Waals surface area (Å²) in [4.78, 5) is 26.7. The summed E-state index contributed by atoms with van der Waals surface area (Å²) in [5.74, 6) is -0.973. The SMILES string of the molecule is CC(CCC(=O)O)NC(=O)c1cc(Cl)nc(C(C)C)c1. The van der Waals surface area contributed by atoms with E-state index in [0.717, 1.165) is 5.69 Å². The quantitative estimate of drug-likeness (QED) is 0.792. The van der Waals surface area contributed by atoms with Crippen LogP contribution in [0.5, 0.6) is 0 Å². The first-order chi connectivity index (χ1) is 9.29. The summed E-state index contributed by atoms with van der Waals surface area (Å²) in [5.41, 5.74) is 1.19. The maximum absolute atomic E-state index is 12.1. The van der Waals surface area contributed by atoms with Crippen molar-refractivity contribution in [2.75, 3.05) is 0 Å². The Morgan fingerprint density at radius 3 is 2.55 bits per heavy atom. The van der Waals surface area contributed by atoms with E-state index in [1.54, 1.807) is 13.0 Å². The van der Waals surface area contributed by atoms with Gasteiger partial charge in [-0.15, -0.1) is 0 Å². The Labute approximate surface area is 123 Å². The van der Waals surface area contributed by atoms with E-state index in [0.29, 0.717) is 12.0 Å². The lowest BCUT2D eigenvalue weighted by Gasteiger charge is -2.14. The molecule has 0 aliphatic heterocycles. The van der Waals surface area contributed by atoms with Crippen molar-refractivity contribution < 1.29 is 14.7 Å². The number of nitrogens with one attached hydrogen (secondary N) is 1. The molecule has 0 aliphatic carbocycles. The molecule has 1 heterocycles. The first kappa shape index (κ1) is 16.4. The van der Waals surface area contributed by atoms with Gasteiger partial charge in [-0.25, -0.2) is 4.98 Å². The molecule has 0 bridgehead atoms. The fourth-order valence-corrected chi connectivity index (χ4v) is 1.88. The lowest BCUT2D eigenvalue weighted by molar-refractivity contribution is -0.137. The maximum Gasteiger partial charge on any atom is 0.303 e. The van der Waals surface area contributed by atoms with E-state index in [4.69, 9.17) is 16.7 Å². The number of pyridine rings is 1. The van der Waals surface area contributed by atoms with Gasteiger partial charge in [-0.05, 0) is 31.4 Å². The minimum atomic E-state index is -0.875. The number of aliphatic carboxylic acids is 1. The van der Waals surface area contributed by atoms with Crippen LogP contribution >= 0.6 is 11.6 Å². The van der Waals surface area contributed by atoms with Gasteiger partial charge in [-0.1, -0.05) is 25.4 Å². The molecular formula is C14H19ClN2O3. The summed E-state index contributed by atoms with van der Waals surface area (Å²) in [6.07, 6.45) is 0.409. The minimum Gasteiger partial charge on any atom is -0.481 e. The van der Waals surface area contributed by atoms with Crippen LogP contribution in [-0.2, 0) is 4.79 Å². The van der Waals surface area contributed by atoms with E-state index in [1.165, 1.54) is 6.07 Å². The number of carbonyl (C=O) groups is 2. The molecule has 1 rings (SSSR count). The van der Waals surface area contributed by atoms with Crippen LogP contribution in [0, 0.1) is 0 Å². The van der Waals surface area contributed by atoms with Crippen LogP contribution in [-0.4, -0.2) is 28.0 Å². The Bertz CT molecular complexity index is 503. The van der Waals surface area contributed by atoms with Crippen molar-refractivity contribution in [3.8, 4) is 0 Å². The van der Waals surface area contributed by atoms with Crippen molar-refractivity contribution in [2.45, 2.75) is 45.6 Å². The Morgan fingerprint density at radius 1 is 1.35 bits per heavy atom. The van der Waals surface area contributed by atoms with E-state index >= 15 is 0 Å².